The van der Waals surface area contributed by atoms with Gasteiger partial charge in [-0.1, -0.05) is 0 Å². The summed E-state index contributed by atoms with van der Waals surface area (Å²) in [6, 6.07) is 2.43. The van der Waals surface area contributed by atoms with Gasteiger partial charge in [0, 0.05) is 19.1 Å². The van der Waals surface area contributed by atoms with Crippen LogP contribution in [0.3, 0.4) is 0 Å². The van der Waals surface area contributed by atoms with Crippen LogP contribution in [-0.2, 0) is 11.2 Å². The van der Waals surface area contributed by atoms with E-state index in [0.29, 0.717) is 12.5 Å². The number of hydrogen-bond acceptors (Lipinski definition) is 3. The Morgan fingerprint density at radius 2 is 2.53 bits per heavy atom. The quantitative estimate of drug-likeness (QED) is 0.887. The van der Waals surface area contributed by atoms with Gasteiger partial charge in [-0.25, -0.2) is 0 Å². The fourth-order valence-electron chi connectivity index (χ4n) is 2.41. The molecule has 1 unspecified atom stereocenters. The van der Waals surface area contributed by atoms with Gasteiger partial charge in [-0.15, -0.1) is 0 Å². The van der Waals surface area contributed by atoms with Gasteiger partial charge in [0.05, 0.1) is 6.42 Å². The van der Waals surface area contributed by atoms with E-state index in [9.17, 15) is 4.79 Å². The molecule has 4 heteroatoms. The highest BCUT2D eigenvalue weighted by Crippen LogP contribution is 2.14. The van der Waals surface area contributed by atoms with Gasteiger partial charge < -0.3 is 10.2 Å². The molecule has 1 saturated heterocycles. The average molecular weight is 252 g/mol. The van der Waals surface area contributed by atoms with Crippen molar-refractivity contribution >= 4 is 17.2 Å². The maximum absolute atomic E-state index is 12.2. The Hall–Kier alpha value is -0.870. The lowest BCUT2D eigenvalue weighted by atomic mass is 10.0. The molecule has 0 bridgehead atoms. The molecule has 1 aliphatic rings. The van der Waals surface area contributed by atoms with Crippen LogP contribution in [0.1, 0.15) is 25.3 Å². The first-order valence-corrected chi connectivity index (χ1v) is 7.26. The van der Waals surface area contributed by atoms with Crippen molar-refractivity contribution < 1.29 is 4.79 Å². The molecular formula is C13H20N2OS. The molecule has 17 heavy (non-hydrogen) atoms. The van der Waals surface area contributed by atoms with Crippen LogP contribution in [0, 0.1) is 0 Å². The number of carbonyl (C=O) groups excluding carboxylic acids is 1. The molecule has 2 heterocycles. The third-order valence-electron chi connectivity index (χ3n) is 3.31. The molecule has 0 aromatic carbocycles. The predicted molar refractivity (Wildman–Crippen MR) is 71.3 cm³/mol. The van der Waals surface area contributed by atoms with Crippen LogP contribution >= 0.6 is 11.3 Å². The zero-order valence-electron chi connectivity index (χ0n) is 10.3. The second-order valence-corrected chi connectivity index (χ2v) is 5.27. The molecule has 1 aromatic heterocycles. The van der Waals surface area contributed by atoms with Gasteiger partial charge in [0.15, 0.2) is 0 Å². The largest absolute Gasteiger partial charge is 0.338 e. The first kappa shape index (κ1) is 12.6. The third kappa shape index (κ3) is 3.30. The molecule has 1 aliphatic heterocycles. The number of hydrogen-bond donors (Lipinski definition) is 1. The second kappa shape index (κ2) is 6.17. The second-order valence-electron chi connectivity index (χ2n) is 4.49. The SMILES string of the molecule is CCN(C(=O)Cc1ccsc1)C1CCCNC1. The van der Waals surface area contributed by atoms with Crippen LogP contribution in [0.4, 0.5) is 0 Å². The van der Waals surface area contributed by atoms with Crippen LogP contribution in [0.5, 0.6) is 0 Å². The Labute approximate surface area is 107 Å². The summed E-state index contributed by atoms with van der Waals surface area (Å²) in [5.74, 6) is 0.264. The van der Waals surface area contributed by atoms with E-state index < -0.39 is 0 Å². The monoisotopic (exact) mass is 252 g/mol. The number of carbonyl (C=O) groups is 1. The topological polar surface area (TPSA) is 32.3 Å². The van der Waals surface area contributed by atoms with E-state index in [1.165, 1.54) is 6.42 Å². The Balaban J connectivity index is 1.94. The van der Waals surface area contributed by atoms with Gasteiger partial charge in [0.25, 0.3) is 0 Å². The lowest BCUT2D eigenvalue weighted by molar-refractivity contribution is -0.132. The number of nitrogens with one attached hydrogen (secondary N) is 1. The molecule has 94 valence electrons. The highest BCUT2D eigenvalue weighted by Gasteiger charge is 2.23. The normalized spacial score (nSPS) is 20.2. The van der Waals surface area contributed by atoms with E-state index in [-0.39, 0.29) is 5.91 Å². The maximum Gasteiger partial charge on any atom is 0.227 e. The molecule has 3 nitrogen and oxygen atoms in total. The molecule has 1 atom stereocenters. The van der Waals surface area contributed by atoms with Crippen molar-refractivity contribution in [2.75, 3.05) is 19.6 Å². The molecule has 1 amide bonds. The molecule has 1 N–H and O–H groups in total. The van der Waals surface area contributed by atoms with Crippen molar-refractivity contribution in [2.45, 2.75) is 32.2 Å². The number of rotatable bonds is 4. The lowest BCUT2D eigenvalue weighted by Crippen LogP contribution is -2.49. The Kier molecular flexibility index (Phi) is 4.57. The van der Waals surface area contributed by atoms with Gasteiger partial charge in [-0.3, -0.25) is 4.79 Å². The summed E-state index contributed by atoms with van der Waals surface area (Å²) in [5, 5.41) is 7.46. The summed E-state index contributed by atoms with van der Waals surface area (Å²) < 4.78 is 0. The van der Waals surface area contributed by atoms with Crippen LogP contribution in [0.25, 0.3) is 0 Å². The minimum atomic E-state index is 0.264. The fraction of sp³-hybridized carbons (Fsp3) is 0.615. The molecular weight excluding hydrogens is 232 g/mol. The minimum Gasteiger partial charge on any atom is -0.338 e. The predicted octanol–water partition coefficient (Wildman–Crippen LogP) is 1.89. The lowest BCUT2D eigenvalue weighted by Gasteiger charge is -2.34. The van der Waals surface area contributed by atoms with E-state index in [4.69, 9.17) is 0 Å². The van der Waals surface area contributed by atoms with E-state index in [1.807, 2.05) is 16.3 Å². The number of nitrogens with zero attached hydrogens (tertiary/aromatic N) is 1. The number of likely N-dealkylation sites (N-methyl/N-ethyl adjacent to an activating group) is 1. The Morgan fingerprint density at radius 3 is 3.12 bits per heavy atom. The molecule has 2 rings (SSSR count). The van der Waals surface area contributed by atoms with Crippen molar-refractivity contribution in [3.63, 3.8) is 0 Å². The van der Waals surface area contributed by atoms with Gasteiger partial charge in [-0.2, -0.15) is 11.3 Å². The first-order chi connectivity index (χ1) is 8.31. The maximum atomic E-state index is 12.2. The third-order valence-corrected chi connectivity index (χ3v) is 4.04. The first-order valence-electron chi connectivity index (χ1n) is 6.32. The smallest absolute Gasteiger partial charge is 0.227 e. The summed E-state index contributed by atoms with van der Waals surface area (Å²) >= 11 is 1.65. The van der Waals surface area contributed by atoms with Gasteiger partial charge in [0.1, 0.15) is 0 Å². The molecule has 1 fully saturated rings. The molecule has 0 aliphatic carbocycles. The van der Waals surface area contributed by atoms with Gasteiger partial charge in [0.2, 0.25) is 5.91 Å². The summed E-state index contributed by atoms with van der Waals surface area (Å²) in [6.45, 7) is 4.92. The summed E-state index contributed by atoms with van der Waals surface area (Å²) in [7, 11) is 0. The van der Waals surface area contributed by atoms with E-state index in [1.54, 1.807) is 11.3 Å². The zero-order chi connectivity index (χ0) is 12.1. The van der Waals surface area contributed by atoms with Crippen LogP contribution < -0.4 is 5.32 Å². The van der Waals surface area contributed by atoms with Crippen molar-refractivity contribution in [3.8, 4) is 0 Å². The van der Waals surface area contributed by atoms with E-state index in [0.717, 1.165) is 31.6 Å². The minimum absolute atomic E-state index is 0.264. The number of piperidine rings is 1. The molecule has 1 aromatic rings. The Bertz CT molecular complexity index is 344. The zero-order valence-corrected chi connectivity index (χ0v) is 11.1. The van der Waals surface area contributed by atoms with Crippen molar-refractivity contribution in [2.24, 2.45) is 0 Å². The van der Waals surface area contributed by atoms with E-state index in [2.05, 4.69) is 17.6 Å². The molecule has 0 radical (unpaired) electrons. The number of amides is 1. The van der Waals surface area contributed by atoms with Gasteiger partial charge in [-0.05, 0) is 48.7 Å². The van der Waals surface area contributed by atoms with Crippen molar-refractivity contribution in [1.82, 2.24) is 10.2 Å². The van der Waals surface area contributed by atoms with Crippen molar-refractivity contribution in [3.05, 3.63) is 22.4 Å². The fourth-order valence-corrected chi connectivity index (χ4v) is 3.08. The number of thiophene rings is 1. The van der Waals surface area contributed by atoms with E-state index >= 15 is 0 Å². The van der Waals surface area contributed by atoms with Crippen LogP contribution in [-0.4, -0.2) is 36.5 Å². The van der Waals surface area contributed by atoms with Crippen LogP contribution in [0.2, 0.25) is 0 Å². The summed E-state index contributed by atoms with van der Waals surface area (Å²) in [4.78, 5) is 14.3. The van der Waals surface area contributed by atoms with Crippen molar-refractivity contribution in [1.29, 1.82) is 0 Å². The highest BCUT2D eigenvalue weighted by atomic mass is 32.1. The van der Waals surface area contributed by atoms with Crippen LogP contribution in [0.15, 0.2) is 16.8 Å². The standard InChI is InChI=1S/C13H20N2OS/c1-2-15(12-4-3-6-14-9-12)13(16)8-11-5-7-17-10-11/h5,7,10,12,14H,2-4,6,8-9H2,1H3. The molecule has 0 spiro atoms. The highest BCUT2D eigenvalue weighted by molar-refractivity contribution is 7.07. The summed E-state index contributed by atoms with van der Waals surface area (Å²) in [6.07, 6.45) is 2.86. The van der Waals surface area contributed by atoms with Gasteiger partial charge >= 0.3 is 0 Å². The summed E-state index contributed by atoms with van der Waals surface area (Å²) in [5.41, 5.74) is 1.14. The Morgan fingerprint density at radius 1 is 1.65 bits per heavy atom. The molecule has 0 saturated carbocycles. The average Bonchev–Trinajstić information content (AvgIpc) is 2.84.